The number of carbonyl (C=O) groups is 9. The Morgan fingerprint density at radius 3 is 1.03 bits per heavy atom. The molecule has 0 saturated heterocycles. The van der Waals surface area contributed by atoms with Crippen LogP contribution in [-0.4, -0.2) is 93.8 Å². The zero-order valence-electron chi connectivity index (χ0n) is 35.9. The van der Waals surface area contributed by atoms with E-state index in [2.05, 4.69) is 39.9 Å². The molecule has 0 aliphatic rings. The fourth-order valence-corrected chi connectivity index (χ4v) is 4.56. The summed E-state index contributed by atoms with van der Waals surface area (Å²) in [5.74, 6) is -2.64. The molecular weight excluding hydrogens is 1190 g/mol. The number of hydrogen-bond acceptors (Lipinski definition) is 14. The highest BCUT2D eigenvalue weighted by Gasteiger charge is 2.17. The lowest BCUT2D eigenvalue weighted by Crippen LogP contribution is -2.16. The van der Waals surface area contributed by atoms with Crippen LogP contribution < -0.4 is 0 Å². The van der Waals surface area contributed by atoms with Gasteiger partial charge in [0.25, 0.3) is 0 Å². The molecule has 0 fully saturated rings. The Balaban J connectivity index is -0.000000357. The first-order valence-electron chi connectivity index (χ1n) is 18.2. The average Bonchev–Trinajstić information content (AvgIpc) is 3.19. The number of halogens is 4. The maximum atomic E-state index is 11.6. The number of hydrogen-bond donors (Lipinski definition) is 5. The van der Waals surface area contributed by atoms with Crippen molar-refractivity contribution in [2.75, 3.05) is 4.93 Å². The summed E-state index contributed by atoms with van der Waals surface area (Å²) < 4.78 is 0. The topological polar surface area (TPSA) is 255 Å². The highest BCUT2D eigenvalue weighted by Crippen LogP contribution is 2.20. The molecule has 4 rings (SSSR count). The SMILES string of the molecule is CC(=O)CC(=O)CC(=O)c1ccccc1O.CC(=O)CC(=O)c1ccccc1O.CC(=O)CC(O)CC(=O)c1ccccc1O.CC(=O)Cl.CC(=O)c1ccccc1O.CI.I.[B]I. The number of aliphatic hydroxyl groups is 1. The van der Waals surface area contributed by atoms with Crippen molar-refractivity contribution in [3.63, 3.8) is 0 Å². The number of rotatable bonds is 14. The van der Waals surface area contributed by atoms with Crippen molar-refractivity contribution in [1.82, 2.24) is 0 Å². The minimum atomic E-state index is -0.982. The van der Waals surface area contributed by atoms with Crippen LogP contribution in [0.4, 0.5) is 0 Å². The molecule has 4 aromatic carbocycles. The fourth-order valence-electron chi connectivity index (χ4n) is 4.56. The molecule has 5 N–H and O–H groups in total. The quantitative estimate of drug-likeness (QED) is 0.0197. The zero-order valence-corrected chi connectivity index (χ0v) is 43.3. The van der Waals surface area contributed by atoms with Gasteiger partial charge in [-0.25, -0.2) is 0 Å². The van der Waals surface area contributed by atoms with Crippen LogP contribution in [0.25, 0.3) is 0 Å². The largest absolute Gasteiger partial charge is 0.507 e. The number of aliphatic hydroxyl groups excluding tert-OH is 1. The van der Waals surface area contributed by atoms with Crippen molar-refractivity contribution in [2.24, 2.45) is 0 Å². The minimum Gasteiger partial charge on any atom is -0.507 e. The highest BCUT2D eigenvalue weighted by atomic mass is 127. The number of aromatic hydroxyl groups is 4. The van der Waals surface area contributed by atoms with Crippen LogP contribution in [0.5, 0.6) is 23.0 Å². The van der Waals surface area contributed by atoms with Crippen molar-refractivity contribution in [3.05, 3.63) is 119 Å². The monoisotopic (exact) mass is 1240 g/mol. The van der Waals surface area contributed by atoms with E-state index in [0.717, 1.165) is 0 Å². The normalized spacial score (nSPS) is 9.47. The van der Waals surface area contributed by atoms with Gasteiger partial charge < -0.3 is 25.5 Å². The molecule has 0 aliphatic carbocycles. The van der Waals surface area contributed by atoms with E-state index in [1.54, 1.807) is 77.0 Å². The van der Waals surface area contributed by atoms with E-state index in [0.29, 0.717) is 5.56 Å². The first-order valence-corrected chi connectivity index (χ1v) is 22.0. The molecule has 4 aromatic rings. The van der Waals surface area contributed by atoms with Gasteiger partial charge in [-0.3, -0.25) is 43.2 Å². The second kappa shape index (κ2) is 39.0. The van der Waals surface area contributed by atoms with Gasteiger partial charge in [0.2, 0.25) is 5.24 Å². The van der Waals surface area contributed by atoms with Gasteiger partial charge in [0.1, 0.15) is 46.1 Å². The lowest BCUT2D eigenvalue weighted by atomic mass is 10.0. The number of phenolic OH excluding ortho intramolecular Hbond substituents is 4. The molecule has 1 atom stereocenters. The highest BCUT2D eigenvalue weighted by molar-refractivity contribution is 14.1. The molecule has 0 aliphatic heterocycles. The maximum Gasteiger partial charge on any atom is 0.218 e. The summed E-state index contributed by atoms with van der Waals surface area (Å²) in [7, 11) is 0. The van der Waals surface area contributed by atoms with Crippen molar-refractivity contribution in [1.29, 1.82) is 0 Å². The minimum absolute atomic E-state index is 0. The number of ketones is 8. The van der Waals surface area contributed by atoms with Crippen LogP contribution in [0.2, 0.25) is 0 Å². The Hall–Kier alpha value is -4.39. The van der Waals surface area contributed by atoms with Crippen LogP contribution in [0.3, 0.4) is 0 Å². The second-order valence-corrected chi connectivity index (χ2v) is 13.1. The number of phenols is 4. The molecule has 0 amide bonds. The third-order valence-corrected chi connectivity index (χ3v) is 7.05. The second-order valence-electron chi connectivity index (χ2n) is 12.6. The van der Waals surface area contributed by atoms with Crippen molar-refractivity contribution in [2.45, 2.75) is 72.8 Å². The first-order chi connectivity index (χ1) is 29.6. The standard InChI is InChI=1S/C12H14O4.C12H12O4.C10H10O3.C8H8O2.C2H3ClO.CH3I.BI.HI/c2*1-8(13)6-9(14)7-12(16)10-4-2-3-5-11(10)15;1-7(11)6-10(13)8-4-2-3-5-9(8)12;1-6(9)7-4-2-3-5-8(7)10;1-2(3)4;2*1-2;/h2-5,9,14-15H,6-7H2,1H3;2-5,15H,6-7H2,1H3;2-5,12H,6H2,1H3;2-5,10H,1H3;1H3;1H3;;1H. The summed E-state index contributed by atoms with van der Waals surface area (Å²) in [6.07, 6.45) is -1.92. The predicted octanol–water partition coefficient (Wildman–Crippen LogP) is 8.91. The molecule has 0 saturated carbocycles. The van der Waals surface area contributed by atoms with Crippen LogP contribution in [0, 0.1) is 0 Å². The molecule has 0 bridgehead atoms. The Labute approximate surface area is 423 Å². The van der Waals surface area contributed by atoms with Crippen LogP contribution in [0.15, 0.2) is 97.1 Å². The Morgan fingerprint density at radius 1 is 0.484 bits per heavy atom. The maximum absolute atomic E-state index is 11.6. The molecule has 0 heterocycles. The number of benzene rings is 4. The molecule has 19 heteroatoms. The summed E-state index contributed by atoms with van der Waals surface area (Å²) >= 11 is 8.44. The average molecular weight is 1240 g/mol. The molecule has 2 radical (unpaired) electrons. The molecular formula is C45H51BClI3O14. The Morgan fingerprint density at radius 2 is 0.766 bits per heavy atom. The molecule has 1 unspecified atom stereocenters. The predicted molar refractivity (Wildman–Crippen MR) is 273 cm³/mol. The van der Waals surface area contributed by atoms with E-state index in [9.17, 15) is 63.6 Å². The molecule has 64 heavy (non-hydrogen) atoms. The third-order valence-electron chi connectivity index (χ3n) is 7.05. The van der Waals surface area contributed by atoms with Gasteiger partial charge in [-0.2, -0.15) is 22.4 Å². The van der Waals surface area contributed by atoms with Gasteiger partial charge in [-0.05, 0) is 92.8 Å². The Bertz CT molecular complexity index is 2130. The van der Waals surface area contributed by atoms with E-state index in [4.69, 9.17) is 5.11 Å². The van der Waals surface area contributed by atoms with Crippen LogP contribution in [0.1, 0.15) is 108 Å². The van der Waals surface area contributed by atoms with Gasteiger partial charge in [-0.1, -0.05) is 71.1 Å². The van der Waals surface area contributed by atoms with Crippen molar-refractivity contribution >= 4 is 138 Å². The van der Waals surface area contributed by atoms with Crippen LogP contribution >= 0.6 is 80.5 Å². The summed E-state index contributed by atoms with van der Waals surface area (Å²) in [6.45, 7) is 6.71. The number of para-hydroxylation sites is 4. The lowest BCUT2D eigenvalue weighted by molar-refractivity contribution is -0.125. The fraction of sp³-hybridized carbons (Fsp3) is 0.267. The summed E-state index contributed by atoms with van der Waals surface area (Å²) in [5.41, 5.74) is 5.34. The van der Waals surface area contributed by atoms with Gasteiger partial charge in [0, 0.05) is 19.8 Å². The van der Waals surface area contributed by atoms with Gasteiger partial charge in [0.15, 0.2) is 28.8 Å². The van der Waals surface area contributed by atoms with Gasteiger partial charge in [-0.15, -0.1) is 24.0 Å². The summed E-state index contributed by atoms with van der Waals surface area (Å²) in [5, 5.41) is 46.2. The smallest absolute Gasteiger partial charge is 0.218 e. The van der Waals surface area contributed by atoms with Gasteiger partial charge >= 0.3 is 0 Å². The summed E-state index contributed by atoms with van der Waals surface area (Å²) in [4.78, 5) is 99.6. The van der Waals surface area contributed by atoms with E-state index in [1.165, 1.54) is 77.1 Å². The number of carbonyl (C=O) groups excluding carboxylic acids is 9. The Kier molecular flexibility index (Phi) is 40.4. The zero-order chi connectivity index (χ0) is 49.2. The summed E-state index contributed by atoms with van der Waals surface area (Å²) in [6, 6.07) is 24.8. The van der Waals surface area contributed by atoms with E-state index >= 15 is 0 Å². The van der Waals surface area contributed by atoms with Crippen LogP contribution in [-0.2, 0) is 24.0 Å². The number of Topliss-reactive ketones (excluding diaryl/α,β-unsaturated/α-hetero) is 8. The van der Waals surface area contributed by atoms with E-state index < -0.39 is 17.7 Å². The van der Waals surface area contributed by atoms with Gasteiger partial charge in [0.05, 0.1) is 47.6 Å². The van der Waals surface area contributed by atoms with E-state index in [1.807, 2.05) is 4.93 Å². The van der Waals surface area contributed by atoms with Crippen molar-refractivity contribution < 1.29 is 68.7 Å². The number of alkyl halides is 1. The third kappa shape index (κ3) is 32.3. The molecule has 14 nitrogen and oxygen atoms in total. The molecule has 346 valence electrons. The molecule has 0 aromatic heterocycles. The van der Waals surface area contributed by atoms with Crippen molar-refractivity contribution in [3.8, 4) is 23.0 Å². The van der Waals surface area contributed by atoms with E-state index in [-0.39, 0.29) is 136 Å². The lowest BCUT2D eigenvalue weighted by Gasteiger charge is -2.08. The first kappa shape index (κ1) is 66.2. The molecule has 0 spiro atoms.